The van der Waals surface area contributed by atoms with E-state index in [1.165, 1.54) is 32.1 Å². The zero-order chi connectivity index (χ0) is 10.7. The third-order valence-electron chi connectivity index (χ3n) is 4.23. The Balaban J connectivity index is 1.85. The van der Waals surface area contributed by atoms with E-state index in [0.29, 0.717) is 5.92 Å². The smallest absolute Gasteiger partial charge is 0.0837 e. The van der Waals surface area contributed by atoms with E-state index in [1.54, 1.807) is 0 Å². The minimum absolute atomic E-state index is 0.144. The van der Waals surface area contributed by atoms with Crippen molar-refractivity contribution in [1.82, 2.24) is 0 Å². The number of hydrogen-bond donors (Lipinski definition) is 1. The second kappa shape index (κ2) is 5.31. The molecular weight excluding hydrogens is 188 g/mol. The maximum absolute atomic E-state index is 10.3. The van der Waals surface area contributed by atoms with Gasteiger partial charge < -0.3 is 9.84 Å². The molecule has 0 amide bonds. The first kappa shape index (κ1) is 11.4. The van der Waals surface area contributed by atoms with E-state index in [-0.39, 0.29) is 12.2 Å². The molecule has 1 saturated carbocycles. The van der Waals surface area contributed by atoms with E-state index >= 15 is 0 Å². The van der Waals surface area contributed by atoms with E-state index in [0.717, 1.165) is 25.4 Å². The SMILES string of the molecule is CCC1CCCC(C(O)C2CCCO2)C1. The third-order valence-corrected chi connectivity index (χ3v) is 4.23. The van der Waals surface area contributed by atoms with E-state index < -0.39 is 0 Å². The van der Waals surface area contributed by atoms with Crippen molar-refractivity contribution in [3.63, 3.8) is 0 Å². The molecule has 2 heteroatoms. The first-order valence-corrected chi connectivity index (χ1v) is 6.61. The van der Waals surface area contributed by atoms with Gasteiger partial charge in [0.25, 0.3) is 0 Å². The highest BCUT2D eigenvalue weighted by atomic mass is 16.5. The predicted molar refractivity (Wildman–Crippen MR) is 60.7 cm³/mol. The van der Waals surface area contributed by atoms with Crippen LogP contribution < -0.4 is 0 Å². The van der Waals surface area contributed by atoms with Gasteiger partial charge in [0.15, 0.2) is 0 Å². The lowest BCUT2D eigenvalue weighted by Crippen LogP contribution is -2.35. The van der Waals surface area contributed by atoms with Crippen LogP contribution in [0, 0.1) is 11.8 Å². The largest absolute Gasteiger partial charge is 0.390 e. The molecule has 15 heavy (non-hydrogen) atoms. The molecule has 0 aromatic carbocycles. The Morgan fingerprint density at radius 3 is 2.80 bits per heavy atom. The van der Waals surface area contributed by atoms with Gasteiger partial charge in [0.1, 0.15) is 0 Å². The standard InChI is InChI=1S/C13H24O2/c1-2-10-5-3-6-11(9-10)13(14)12-7-4-8-15-12/h10-14H,2-9H2,1H3. The summed E-state index contributed by atoms with van der Waals surface area (Å²) in [6, 6.07) is 0. The molecule has 2 aliphatic rings. The molecule has 0 radical (unpaired) electrons. The van der Waals surface area contributed by atoms with E-state index in [2.05, 4.69) is 6.92 Å². The zero-order valence-corrected chi connectivity index (χ0v) is 9.82. The Labute approximate surface area is 93.0 Å². The van der Waals surface area contributed by atoms with Gasteiger partial charge in [-0.3, -0.25) is 0 Å². The van der Waals surface area contributed by atoms with Crippen molar-refractivity contribution in [1.29, 1.82) is 0 Å². The molecule has 4 atom stereocenters. The van der Waals surface area contributed by atoms with Crippen molar-refractivity contribution >= 4 is 0 Å². The Hall–Kier alpha value is -0.0800. The summed E-state index contributed by atoms with van der Waals surface area (Å²) in [4.78, 5) is 0. The molecule has 2 fully saturated rings. The van der Waals surface area contributed by atoms with Crippen LogP contribution in [0.1, 0.15) is 51.9 Å². The second-order valence-electron chi connectivity index (χ2n) is 5.24. The number of aliphatic hydroxyl groups is 1. The summed E-state index contributed by atoms with van der Waals surface area (Å²) in [6.45, 7) is 3.12. The summed E-state index contributed by atoms with van der Waals surface area (Å²) in [5.41, 5.74) is 0. The highest BCUT2D eigenvalue weighted by molar-refractivity contribution is 4.84. The van der Waals surface area contributed by atoms with E-state index in [1.807, 2.05) is 0 Å². The quantitative estimate of drug-likeness (QED) is 0.779. The maximum Gasteiger partial charge on any atom is 0.0837 e. The highest BCUT2D eigenvalue weighted by Gasteiger charge is 2.33. The minimum Gasteiger partial charge on any atom is -0.390 e. The van der Waals surface area contributed by atoms with Gasteiger partial charge in [-0.15, -0.1) is 0 Å². The molecule has 0 aromatic heterocycles. The molecule has 1 saturated heterocycles. The molecule has 1 aliphatic carbocycles. The van der Waals surface area contributed by atoms with Crippen LogP contribution in [0.2, 0.25) is 0 Å². The summed E-state index contributed by atoms with van der Waals surface area (Å²) in [6.07, 6.45) is 8.51. The van der Waals surface area contributed by atoms with Crippen LogP contribution in [-0.4, -0.2) is 23.9 Å². The monoisotopic (exact) mass is 212 g/mol. The van der Waals surface area contributed by atoms with Gasteiger partial charge >= 0.3 is 0 Å². The zero-order valence-electron chi connectivity index (χ0n) is 9.82. The molecule has 88 valence electrons. The normalized spacial score (nSPS) is 39.2. The average molecular weight is 212 g/mol. The van der Waals surface area contributed by atoms with Crippen LogP contribution in [-0.2, 0) is 4.74 Å². The van der Waals surface area contributed by atoms with Crippen molar-refractivity contribution in [2.24, 2.45) is 11.8 Å². The molecule has 1 N–H and O–H groups in total. The Kier molecular flexibility index (Phi) is 4.04. The van der Waals surface area contributed by atoms with Crippen LogP contribution >= 0.6 is 0 Å². The lowest BCUT2D eigenvalue weighted by molar-refractivity contribution is -0.0454. The van der Waals surface area contributed by atoms with Crippen molar-refractivity contribution in [2.45, 2.75) is 64.1 Å². The number of hydrogen-bond acceptors (Lipinski definition) is 2. The summed E-state index contributed by atoms with van der Waals surface area (Å²) in [5, 5.41) is 10.3. The Morgan fingerprint density at radius 1 is 1.27 bits per heavy atom. The Morgan fingerprint density at radius 2 is 2.13 bits per heavy atom. The lowest BCUT2D eigenvalue weighted by atomic mass is 9.76. The van der Waals surface area contributed by atoms with Gasteiger partial charge in [-0.25, -0.2) is 0 Å². The highest BCUT2D eigenvalue weighted by Crippen LogP contribution is 2.35. The van der Waals surface area contributed by atoms with Gasteiger partial charge in [0.2, 0.25) is 0 Å². The van der Waals surface area contributed by atoms with Crippen molar-refractivity contribution < 1.29 is 9.84 Å². The molecular formula is C13H24O2. The first-order chi connectivity index (χ1) is 7.31. The predicted octanol–water partition coefficient (Wildman–Crippen LogP) is 2.74. The van der Waals surface area contributed by atoms with Crippen LogP contribution in [0.5, 0.6) is 0 Å². The molecule has 1 aliphatic heterocycles. The van der Waals surface area contributed by atoms with Gasteiger partial charge in [-0.05, 0) is 37.5 Å². The van der Waals surface area contributed by atoms with Crippen molar-refractivity contribution in [2.75, 3.05) is 6.61 Å². The van der Waals surface area contributed by atoms with E-state index in [4.69, 9.17) is 4.74 Å². The molecule has 1 heterocycles. The van der Waals surface area contributed by atoms with Crippen molar-refractivity contribution in [3.8, 4) is 0 Å². The molecule has 0 spiro atoms. The van der Waals surface area contributed by atoms with Crippen LogP contribution in [0.25, 0.3) is 0 Å². The molecule has 4 unspecified atom stereocenters. The summed E-state index contributed by atoms with van der Waals surface area (Å²) < 4.78 is 5.59. The summed E-state index contributed by atoms with van der Waals surface area (Å²) in [7, 11) is 0. The van der Waals surface area contributed by atoms with Crippen LogP contribution in [0.3, 0.4) is 0 Å². The van der Waals surface area contributed by atoms with Gasteiger partial charge in [0, 0.05) is 6.61 Å². The molecule has 2 rings (SSSR count). The average Bonchev–Trinajstić information content (AvgIpc) is 2.81. The molecule has 2 nitrogen and oxygen atoms in total. The van der Waals surface area contributed by atoms with Gasteiger partial charge in [-0.1, -0.05) is 26.2 Å². The minimum atomic E-state index is -0.193. The maximum atomic E-state index is 10.3. The number of aliphatic hydroxyl groups excluding tert-OH is 1. The fraction of sp³-hybridized carbons (Fsp3) is 1.00. The first-order valence-electron chi connectivity index (χ1n) is 6.61. The molecule has 0 bridgehead atoms. The van der Waals surface area contributed by atoms with Gasteiger partial charge in [0.05, 0.1) is 12.2 Å². The van der Waals surface area contributed by atoms with Crippen LogP contribution in [0.4, 0.5) is 0 Å². The topological polar surface area (TPSA) is 29.5 Å². The van der Waals surface area contributed by atoms with Gasteiger partial charge in [-0.2, -0.15) is 0 Å². The molecule has 0 aromatic rings. The third kappa shape index (κ3) is 2.73. The van der Waals surface area contributed by atoms with E-state index in [9.17, 15) is 5.11 Å². The van der Waals surface area contributed by atoms with Crippen molar-refractivity contribution in [3.05, 3.63) is 0 Å². The Bertz CT molecular complexity index is 187. The number of rotatable bonds is 3. The fourth-order valence-corrected chi connectivity index (χ4v) is 3.19. The summed E-state index contributed by atoms with van der Waals surface area (Å²) in [5.74, 6) is 1.35. The second-order valence-corrected chi connectivity index (χ2v) is 5.24. The van der Waals surface area contributed by atoms with Crippen LogP contribution in [0.15, 0.2) is 0 Å². The summed E-state index contributed by atoms with van der Waals surface area (Å²) >= 11 is 0. The number of ether oxygens (including phenoxy) is 1. The fourth-order valence-electron chi connectivity index (χ4n) is 3.19. The lowest BCUT2D eigenvalue weighted by Gasteiger charge is -2.33.